The number of rotatable bonds is 3. The maximum atomic E-state index is 11.7. The predicted octanol–water partition coefficient (Wildman–Crippen LogP) is 3.12. The SMILES string of the molecule is CC=CC(C=Cc1nc2ccncc2c(=O)o1)=CC. The Bertz CT molecular complexity index is 724. The fourth-order valence-corrected chi connectivity index (χ4v) is 1.61. The number of fused-ring (bicyclic) bond motifs is 1. The molecule has 0 aliphatic rings. The van der Waals surface area contributed by atoms with Crippen LogP contribution in [0.4, 0.5) is 0 Å². The third kappa shape index (κ3) is 3.04. The van der Waals surface area contributed by atoms with Gasteiger partial charge in [0.2, 0.25) is 5.89 Å². The topological polar surface area (TPSA) is 56.0 Å². The van der Waals surface area contributed by atoms with Gasteiger partial charge in [-0.3, -0.25) is 4.98 Å². The van der Waals surface area contributed by atoms with Crippen LogP contribution in [-0.4, -0.2) is 9.97 Å². The van der Waals surface area contributed by atoms with Crippen molar-refractivity contribution in [3.8, 4) is 0 Å². The zero-order chi connectivity index (χ0) is 13.7. The second-order valence-electron chi connectivity index (χ2n) is 3.85. The lowest BCUT2D eigenvalue weighted by Crippen LogP contribution is -2.03. The van der Waals surface area contributed by atoms with Crippen LogP contribution in [0.3, 0.4) is 0 Å². The molecule has 96 valence electrons. The van der Waals surface area contributed by atoms with E-state index in [-0.39, 0.29) is 5.89 Å². The van der Waals surface area contributed by atoms with Gasteiger partial charge in [-0.2, -0.15) is 0 Å². The molecule has 0 amide bonds. The molecule has 4 nitrogen and oxygen atoms in total. The summed E-state index contributed by atoms with van der Waals surface area (Å²) in [4.78, 5) is 19.9. The molecule has 19 heavy (non-hydrogen) atoms. The summed E-state index contributed by atoms with van der Waals surface area (Å²) in [6.07, 6.45) is 12.4. The highest BCUT2D eigenvalue weighted by Gasteiger charge is 2.03. The number of allylic oxidation sites excluding steroid dienone is 5. The van der Waals surface area contributed by atoms with Crippen molar-refractivity contribution in [2.45, 2.75) is 13.8 Å². The normalized spacial score (nSPS) is 12.8. The highest BCUT2D eigenvalue weighted by Crippen LogP contribution is 2.08. The molecule has 4 heteroatoms. The predicted molar refractivity (Wildman–Crippen MR) is 75.7 cm³/mol. The molecular formula is C15H14N2O2. The van der Waals surface area contributed by atoms with E-state index in [9.17, 15) is 4.79 Å². The van der Waals surface area contributed by atoms with Crippen LogP contribution in [0.25, 0.3) is 17.0 Å². The van der Waals surface area contributed by atoms with E-state index >= 15 is 0 Å². The Kier molecular flexibility index (Phi) is 4.03. The first-order valence-corrected chi connectivity index (χ1v) is 5.96. The molecule has 0 unspecified atom stereocenters. The lowest BCUT2D eigenvalue weighted by Gasteiger charge is -1.96. The van der Waals surface area contributed by atoms with E-state index in [1.165, 1.54) is 6.20 Å². The molecular weight excluding hydrogens is 240 g/mol. The van der Waals surface area contributed by atoms with Gasteiger partial charge in [0.1, 0.15) is 5.39 Å². The Morgan fingerprint density at radius 1 is 1.32 bits per heavy atom. The molecule has 2 aromatic rings. The summed E-state index contributed by atoms with van der Waals surface area (Å²) in [6.45, 7) is 3.88. The summed E-state index contributed by atoms with van der Waals surface area (Å²) in [5, 5.41) is 0.388. The van der Waals surface area contributed by atoms with Gasteiger partial charge < -0.3 is 4.42 Å². The fraction of sp³-hybridized carbons (Fsp3) is 0.133. The Morgan fingerprint density at radius 3 is 2.89 bits per heavy atom. The van der Waals surface area contributed by atoms with E-state index in [0.29, 0.717) is 10.9 Å². The zero-order valence-electron chi connectivity index (χ0n) is 10.8. The van der Waals surface area contributed by atoms with Crippen molar-refractivity contribution in [3.05, 3.63) is 64.6 Å². The fourth-order valence-electron chi connectivity index (χ4n) is 1.61. The molecule has 2 heterocycles. The van der Waals surface area contributed by atoms with Crippen LogP contribution in [0.2, 0.25) is 0 Å². The maximum Gasteiger partial charge on any atom is 0.348 e. The van der Waals surface area contributed by atoms with E-state index in [2.05, 4.69) is 9.97 Å². The van der Waals surface area contributed by atoms with Gasteiger partial charge in [0.15, 0.2) is 0 Å². The molecule has 0 aromatic carbocycles. The van der Waals surface area contributed by atoms with Crippen LogP contribution < -0.4 is 5.63 Å². The summed E-state index contributed by atoms with van der Waals surface area (Å²) in [6, 6.07) is 1.69. The highest BCUT2D eigenvalue weighted by atomic mass is 16.4. The van der Waals surface area contributed by atoms with Gasteiger partial charge in [0.05, 0.1) is 5.52 Å². The van der Waals surface area contributed by atoms with Gasteiger partial charge >= 0.3 is 5.63 Å². The van der Waals surface area contributed by atoms with E-state index in [1.807, 2.05) is 38.2 Å². The Labute approximate surface area is 110 Å². The summed E-state index contributed by atoms with van der Waals surface area (Å²) in [5.74, 6) is 0.285. The van der Waals surface area contributed by atoms with Crippen LogP contribution >= 0.6 is 0 Å². The van der Waals surface area contributed by atoms with Crippen LogP contribution in [0, 0.1) is 0 Å². The molecule has 2 aromatic heterocycles. The third-order valence-electron chi connectivity index (χ3n) is 2.56. The van der Waals surface area contributed by atoms with Crippen LogP contribution in [0.1, 0.15) is 19.7 Å². The molecule has 0 fully saturated rings. The second kappa shape index (κ2) is 5.91. The first-order chi connectivity index (χ1) is 9.24. The zero-order valence-corrected chi connectivity index (χ0v) is 10.8. The standard InChI is InChI=1S/C15H14N2O2/c1-3-5-11(4-2)6-7-14-17-13-8-9-16-10-12(13)15(18)19-14/h3-10H,1-2H3. The summed E-state index contributed by atoms with van der Waals surface area (Å²) in [7, 11) is 0. The molecule has 0 aliphatic carbocycles. The number of aromatic nitrogens is 2. The minimum atomic E-state index is -0.425. The van der Waals surface area contributed by atoms with Crippen molar-refractivity contribution in [3.63, 3.8) is 0 Å². The molecule has 2 rings (SSSR count). The van der Waals surface area contributed by atoms with E-state index in [0.717, 1.165) is 5.57 Å². The Morgan fingerprint density at radius 2 is 2.16 bits per heavy atom. The van der Waals surface area contributed by atoms with Gasteiger partial charge in [-0.1, -0.05) is 18.2 Å². The smallest absolute Gasteiger partial charge is 0.348 e. The number of pyridine rings is 1. The summed E-state index contributed by atoms with van der Waals surface area (Å²) >= 11 is 0. The van der Waals surface area contributed by atoms with Gasteiger partial charge in [-0.05, 0) is 31.6 Å². The first-order valence-electron chi connectivity index (χ1n) is 5.96. The van der Waals surface area contributed by atoms with Crippen LogP contribution in [0.5, 0.6) is 0 Å². The van der Waals surface area contributed by atoms with E-state index in [4.69, 9.17) is 4.42 Å². The van der Waals surface area contributed by atoms with Crippen molar-refractivity contribution >= 4 is 17.0 Å². The highest BCUT2D eigenvalue weighted by molar-refractivity contribution is 5.76. The number of hydrogen-bond donors (Lipinski definition) is 0. The molecule has 0 atom stereocenters. The van der Waals surface area contributed by atoms with Crippen LogP contribution in [0.15, 0.2) is 57.5 Å². The Balaban J connectivity index is 2.42. The minimum Gasteiger partial charge on any atom is -0.404 e. The summed E-state index contributed by atoms with van der Waals surface area (Å²) < 4.78 is 5.12. The van der Waals surface area contributed by atoms with Crippen molar-refractivity contribution < 1.29 is 4.42 Å². The quantitative estimate of drug-likeness (QED) is 0.790. The van der Waals surface area contributed by atoms with Crippen molar-refractivity contribution in [1.82, 2.24) is 9.97 Å². The molecule has 0 saturated carbocycles. The van der Waals surface area contributed by atoms with Gasteiger partial charge in [-0.15, -0.1) is 0 Å². The molecule has 0 radical (unpaired) electrons. The monoisotopic (exact) mass is 254 g/mol. The molecule has 0 aliphatic heterocycles. The first kappa shape index (κ1) is 13.0. The van der Waals surface area contributed by atoms with E-state index in [1.54, 1.807) is 18.3 Å². The van der Waals surface area contributed by atoms with Gasteiger partial charge in [0, 0.05) is 18.5 Å². The number of nitrogens with zero attached hydrogens (tertiary/aromatic N) is 2. The number of hydrogen-bond acceptors (Lipinski definition) is 4. The second-order valence-corrected chi connectivity index (χ2v) is 3.85. The largest absolute Gasteiger partial charge is 0.404 e. The maximum absolute atomic E-state index is 11.7. The van der Waals surface area contributed by atoms with Gasteiger partial charge in [-0.25, -0.2) is 9.78 Å². The average molecular weight is 254 g/mol. The average Bonchev–Trinajstić information content (AvgIpc) is 2.43. The summed E-state index contributed by atoms with van der Waals surface area (Å²) in [5.41, 5.74) is 1.17. The van der Waals surface area contributed by atoms with Crippen molar-refractivity contribution in [2.24, 2.45) is 0 Å². The molecule has 0 spiro atoms. The Hall–Kier alpha value is -2.49. The molecule has 0 N–H and O–H groups in total. The van der Waals surface area contributed by atoms with Crippen molar-refractivity contribution in [2.75, 3.05) is 0 Å². The molecule has 0 saturated heterocycles. The van der Waals surface area contributed by atoms with Crippen molar-refractivity contribution in [1.29, 1.82) is 0 Å². The van der Waals surface area contributed by atoms with Gasteiger partial charge in [0.25, 0.3) is 0 Å². The lowest BCUT2D eigenvalue weighted by molar-refractivity contribution is 0.490. The molecule has 0 bridgehead atoms. The lowest BCUT2D eigenvalue weighted by atomic mass is 10.2. The van der Waals surface area contributed by atoms with E-state index < -0.39 is 5.63 Å². The third-order valence-corrected chi connectivity index (χ3v) is 2.56. The van der Waals surface area contributed by atoms with Crippen LogP contribution in [-0.2, 0) is 0 Å². The minimum absolute atomic E-state index is 0.285.